The summed E-state index contributed by atoms with van der Waals surface area (Å²) < 4.78 is 1.03. The van der Waals surface area contributed by atoms with Gasteiger partial charge in [0.2, 0.25) is 0 Å². The molecule has 0 bridgehead atoms. The Kier molecular flexibility index (Phi) is 4.38. The molecular weight excluding hydrogens is 302 g/mol. The molecule has 0 saturated carbocycles. The second-order valence-electron chi connectivity index (χ2n) is 4.67. The Labute approximate surface area is 122 Å². The third-order valence-electron chi connectivity index (χ3n) is 2.98. The molecule has 0 spiro atoms. The Hall–Kier alpha value is -1.61. The van der Waals surface area contributed by atoms with Crippen LogP contribution in [0, 0.1) is 0 Å². The van der Waals surface area contributed by atoms with E-state index in [1.165, 1.54) is 0 Å². The summed E-state index contributed by atoms with van der Waals surface area (Å²) in [6, 6.07) is 15.6. The number of carbonyl (C=O) groups excluding carboxylic acids is 1. The topological polar surface area (TPSA) is 20.3 Å². The molecule has 2 aromatic rings. The van der Waals surface area contributed by atoms with Gasteiger partial charge >= 0.3 is 0 Å². The molecule has 0 aliphatic carbocycles. The zero-order valence-electron chi connectivity index (χ0n) is 11.1. The highest BCUT2D eigenvalue weighted by Crippen LogP contribution is 2.15. The molecule has 3 heteroatoms. The van der Waals surface area contributed by atoms with Crippen LogP contribution in [0.4, 0.5) is 5.69 Å². The fraction of sp³-hybridized carbons (Fsp3) is 0.188. The largest absolute Gasteiger partial charge is 0.378 e. The monoisotopic (exact) mass is 317 g/mol. The molecule has 2 nitrogen and oxygen atoms in total. The maximum absolute atomic E-state index is 12.2. The van der Waals surface area contributed by atoms with Gasteiger partial charge in [0.05, 0.1) is 0 Å². The normalized spacial score (nSPS) is 10.3. The molecule has 0 amide bonds. The fourth-order valence-electron chi connectivity index (χ4n) is 1.84. The second kappa shape index (κ2) is 6.02. The van der Waals surface area contributed by atoms with Crippen LogP contribution in [0.3, 0.4) is 0 Å². The summed E-state index contributed by atoms with van der Waals surface area (Å²) in [5.74, 6) is 0.146. The Balaban J connectivity index is 2.09. The molecule has 0 aliphatic heterocycles. The van der Waals surface area contributed by atoms with Crippen LogP contribution in [-0.4, -0.2) is 19.9 Å². The molecule has 19 heavy (non-hydrogen) atoms. The van der Waals surface area contributed by atoms with Crippen molar-refractivity contribution in [3.63, 3.8) is 0 Å². The first kappa shape index (κ1) is 13.8. The van der Waals surface area contributed by atoms with Crippen molar-refractivity contribution in [1.29, 1.82) is 0 Å². The molecular formula is C16H16BrNO. The zero-order chi connectivity index (χ0) is 13.8. The molecule has 2 aromatic carbocycles. The first-order valence-corrected chi connectivity index (χ1v) is 6.90. The van der Waals surface area contributed by atoms with Crippen LogP contribution in [0.5, 0.6) is 0 Å². The SMILES string of the molecule is CN(C)c1ccc(C(=O)Cc2ccc(Br)cc2)cc1. The molecule has 0 saturated heterocycles. The van der Waals surface area contributed by atoms with Gasteiger partial charge < -0.3 is 4.90 Å². The van der Waals surface area contributed by atoms with Crippen molar-refractivity contribution in [2.24, 2.45) is 0 Å². The molecule has 0 heterocycles. The predicted molar refractivity (Wildman–Crippen MR) is 82.9 cm³/mol. The van der Waals surface area contributed by atoms with Crippen LogP contribution in [0.25, 0.3) is 0 Å². The number of benzene rings is 2. The van der Waals surface area contributed by atoms with E-state index in [9.17, 15) is 4.79 Å². The van der Waals surface area contributed by atoms with E-state index < -0.39 is 0 Å². The number of hydrogen-bond donors (Lipinski definition) is 0. The van der Waals surface area contributed by atoms with Crippen molar-refractivity contribution >= 4 is 27.4 Å². The highest BCUT2D eigenvalue weighted by molar-refractivity contribution is 9.10. The van der Waals surface area contributed by atoms with E-state index in [4.69, 9.17) is 0 Å². The van der Waals surface area contributed by atoms with Crippen LogP contribution >= 0.6 is 15.9 Å². The molecule has 0 radical (unpaired) electrons. The number of anilines is 1. The fourth-order valence-corrected chi connectivity index (χ4v) is 2.10. The Bertz CT molecular complexity index is 558. The lowest BCUT2D eigenvalue weighted by molar-refractivity contribution is 0.0993. The van der Waals surface area contributed by atoms with E-state index in [-0.39, 0.29) is 5.78 Å². The lowest BCUT2D eigenvalue weighted by Gasteiger charge is -2.12. The van der Waals surface area contributed by atoms with Crippen molar-refractivity contribution in [2.75, 3.05) is 19.0 Å². The minimum atomic E-state index is 0.146. The third-order valence-corrected chi connectivity index (χ3v) is 3.51. The molecule has 0 aromatic heterocycles. The number of carbonyl (C=O) groups is 1. The maximum Gasteiger partial charge on any atom is 0.167 e. The summed E-state index contributed by atoms with van der Waals surface area (Å²) in [6.45, 7) is 0. The van der Waals surface area contributed by atoms with Gasteiger partial charge in [-0.05, 0) is 42.0 Å². The van der Waals surface area contributed by atoms with Gasteiger partial charge in [0.25, 0.3) is 0 Å². The van der Waals surface area contributed by atoms with Crippen LogP contribution < -0.4 is 4.90 Å². The zero-order valence-corrected chi connectivity index (χ0v) is 12.6. The van der Waals surface area contributed by atoms with E-state index in [1.807, 2.05) is 67.5 Å². The van der Waals surface area contributed by atoms with Crippen LogP contribution in [0.15, 0.2) is 53.0 Å². The first-order valence-electron chi connectivity index (χ1n) is 6.11. The highest BCUT2D eigenvalue weighted by atomic mass is 79.9. The molecule has 2 rings (SSSR count). The Morgan fingerprint density at radius 2 is 1.58 bits per heavy atom. The summed E-state index contributed by atoms with van der Waals surface area (Å²) in [4.78, 5) is 14.2. The number of ketones is 1. The standard InChI is InChI=1S/C16H16BrNO/c1-18(2)15-9-5-13(6-10-15)16(19)11-12-3-7-14(17)8-4-12/h3-10H,11H2,1-2H3. The lowest BCUT2D eigenvalue weighted by Crippen LogP contribution is -2.09. The van der Waals surface area contributed by atoms with Crippen molar-refractivity contribution in [3.8, 4) is 0 Å². The Morgan fingerprint density at radius 1 is 1.00 bits per heavy atom. The van der Waals surface area contributed by atoms with E-state index in [1.54, 1.807) is 0 Å². The molecule has 0 fully saturated rings. The summed E-state index contributed by atoms with van der Waals surface area (Å²) >= 11 is 3.39. The van der Waals surface area contributed by atoms with E-state index in [0.717, 1.165) is 21.3 Å². The minimum absolute atomic E-state index is 0.146. The van der Waals surface area contributed by atoms with Crippen molar-refractivity contribution < 1.29 is 4.79 Å². The van der Waals surface area contributed by atoms with Gasteiger partial charge in [-0.2, -0.15) is 0 Å². The average molecular weight is 318 g/mol. The van der Waals surface area contributed by atoms with Crippen molar-refractivity contribution in [1.82, 2.24) is 0 Å². The van der Waals surface area contributed by atoms with Gasteiger partial charge in [-0.15, -0.1) is 0 Å². The number of rotatable bonds is 4. The van der Waals surface area contributed by atoms with Gasteiger partial charge in [-0.3, -0.25) is 4.79 Å². The lowest BCUT2D eigenvalue weighted by atomic mass is 10.0. The maximum atomic E-state index is 12.2. The van der Waals surface area contributed by atoms with E-state index in [0.29, 0.717) is 6.42 Å². The van der Waals surface area contributed by atoms with E-state index >= 15 is 0 Å². The van der Waals surface area contributed by atoms with Crippen molar-refractivity contribution in [3.05, 3.63) is 64.1 Å². The number of halogens is 1. The van der Waals surface area contributed by atoms with Crippen LogP contribution in [0.2, 0.25) is 0 Å². The van der Waals surface area contributed by atoms with Gasteiger partial charge in [-0.1, -0.05) is 28.1 Å². The van der Waals surface area contributed by atoms with Gasteiger partial charge in [0, 0.05) is 36.2 Å². The molecule has 0 aliphatic rings. The summed E-state index contributed by atoms with van der Waals surface area (Å²) in [5, 5.41) is 0. The third kappa shape index (κ3) is 3.67. The van der Waals surface area contributed by atoms with Crippen LogP contribution in [0.1, 0.15) is 15.9 Å². The number of Topliss-reactive ketones (excluding diaryl/α,β-unsaturated/α-hetero) is 1. The van der Waals surface area contributed by atoms with Gasteiger partial charge in [0.1, 0.15) is 0 Å². The summed E-state index contributed by atoms with van der Waals surface area (Å²) in [7, 11) is 3.97. The number of hydrogen-bond acceptors (Lipinski definition) is 2. The molecule has 0 unspecified atom stereocenters. The first-order chi connectivity index (χ1) is 9.06. The van der Waals surface area contributed by atoms with Crippen molar-refractivity contribution in [2.45, 2.75) is 6.42 Å². The molecule has 0 N–H and O–H groups in total. The van der Waals surface area contributed by atoms with E-state index in [2.05, 4.69) is 15.9 Å². The summed E-state index contributed by atoms with van der Waals surface area (Å²) in [6.07, 6.45) is 0.439. The average Bonchev–Trinajstić information content (AvgIpc) is 2.41. The smallest absolute Gasteiger partial charge is 0.167 e. The van der Waals surface area contributed by atoms with Gasteiger partial charge in [-0.25, -0.2) is 0 Å². The predicted octanol–water partition coefficient (Wildman–Crippen LogP) is 3.94. The minimum Gasteiger partial charge on any atom is -0.378 e. The van der Waals surface area contributed by atoms with Crippen LogP contribution in [-0.2, 0) is 6.42 Å². The quantitative estimate of drug-likeness (QED) is 0.796. The summed E-state index contributed by atoms with van der Waals surface area (Å²) in [5.41, 5.74) is 2.89. The Morgan fingerprint density at radius 3 is 2.11 bits per heavy atom. The highest BCUT2D eigenvalue weighted by Gasteiger charge is 2.07. The molecule has 98 valence electrons. The number of nitrogens with zero attached hydrogens (tertiary/aromatic N) is 1. The van der Waals surface area contributed by atoms with Gasteiger partial charge in [0.15, 0.2) is 5.78 Å². The molecule has 0 atom stereocenters. The second-order valence-corrected chi connectivity index (χ2v) is 5.58.